The molecule has 5 heteroatoms. The summed E-state index contributed by atoms with van der Waals surface area (Å²) >= 11 is 3.34. The Hall–Kier alpha value is -2.14. The average Bonchev–Trinajstić information content (AvgIpc) is 2.91. The number of rotatable bonds is 3. The average molecular weight is 388 g/mol. The molecule has 3 rings (SSSR count). The highest BCUT2D eigenvalue weighted by Gasteiger charge is 2.36. The van der Waals surface area contributed by atoms with E-state index in [2.05, 4.69) is 15.9 Å². The van der Waals surface area contributed by atoms with Crippen molar-refractivity contribution in [3.8, 4) is 5.75 Å². The van der Waals surface area contributed by atoms with Crippen LogP contribution >= 0.6 is 15.9 Å². The van der Waals surface area contributed by atoms with Crippen molar-refractivity contribution in [3.05, 3.63) is 58.1 Å². The molecule has 1 amide bonds. The minimum Gasteiger partial charge on any atom is -0.426 e. The molecule has 1 atom stereocenters. The summed E-state index contributed by atoms with van der Waals surface area (Å²) in [7, 11) is 0. The van der Waals surface area contributed by atoms with Gasteiger partial charge in [0.25, 0.3) is 0 Å². The van der Waals surface area contributed by atoms with Gasteiger partial charge in [-0.2, -0.15) is 0 Å². The van der Waals surface area contributed by atoms with Crippen LogP contribution in [0.1, 0.15) is 17.5 Å². The first kappa shape index (κ1) is 16.7. The van der Waals surface area contributed by atoms with Gasteiger partial charge in [0.2, 0.25) is 5.91 Å². The Morgan fingerprint density at radius 3 is 2.54 bits per heavy atom. The molecule has 1 fully saturated rings. The van der Waals surface area contributed by atoms with Crippen LogP contribution in [0.3, 0.4) is 0 Å². The number of aryl methyl sites for hydroxylation is 2. The van der Waals surface area contributed by atoms with Gasteiger partial charge in [-0.05, 0) is 49.7 Å². The fourth-order valence-electron chi connectivity index (χ4n) is 2.91. The van der Waals surface area contributed by atoms with E-state index in [1.807, 2.05) is 44.2 Å². The van der Waals surface area contributed by atoms with Crippen LogP contribution in [0, 0.1) is 19.8 Å². The van der Waals surface area contributed by atoms with E-state index in [9.17, 15) is 9.59 Å². The Labute approximate surface area is 149 Å². The fourth-order valence-corrected chi connectivity index (χ4v) is 3.17. The van der Waals surface area contributed by atoms with Crippen LogP contribution in [0.4, 0.5) is 5.69 Å². The van der Waals surface area contributed by atoms with Crippen LogP contribution in [0.15, 0.2) is 46.9 Å². The Morgan fingerprint density at radius 1 is 1.17 bits per heavy atom. The third kappa shape index (κ3) is 3.51. The first-order valence-corrected chi connectivity index (χ1v) is 8.58. The zero-order valence-corrected chi connectivity index (χ0v) is 15.2. The number of halogens is 1. The normalized spacial score (nSPS) is 17.2. The van der Waals surface area contributed by atoms with Crippen molar-refractivity contribution < 1.29 is 14.3 Å². The molecule has 4 nitrogen and oxygen atoms in total. The summed E-state index contributed by atoms with van der Waals surface area (Å²) in [5.74, 6) is -0.361. The molecule has 0 aromatic heterocycles. The molecule has 0 radical (unpaired) electrons. The van der Waals surface area contributed by atoms with Crippen molar-refractivity contribution in [2.75, 3.05) is 11.4 Å². The molecule has 0 aliphatic carbocycles. The smallest absolute Gasteiger partial charge is 0.316 e. The lowest BCUT2D eigenvalue weighted by Gasteiger charge is -2.19. The van der Waals surface area contributed by atoms with E-state index in [1.54, 1.807) is 17.0 Å². The van der Waals surface area contributed by atoms with Crippen LogP contribution in [0.5, 0.6) is 5.75 Å². The number of hydrogen-bond acceptors (Lipinski definition) is 3. The maximum atomic E-state index is 12.3. The van der Waals surface area contributed by atoms with Crippen LogP contribution in [0.25, 0.3) is 0 Å². The van der Waals surface area contributed by atoms with E-state index in [0.29, 0.717) is 12.3 Å². The molecule has 0 spiro atoms. The van der Waals surface area contributed by atoms with Gasteiger partial charge >= 0.3 is 5.97 Å². The van der Waals surface area contributed by atoms with Crippen molar-refractivity contribution in [2.24, 2.45) is 5.92 Å². The summed E-state index contributed by atoms with van der Waals surface area (Å²) < 4.78 is 6.31. The third-order valence-corrected chi connectivity index (χ3v) is 4.66. The minimum atomic E-state index is -0.443. The number of carbonyl (C=O) groups is 2. The predicted octanol–water partition coefficient (Wildman–Crippen LogP) is 4.02. The Kier molecular flexibility index (Phi) is 4.71. The number of amides is 1. The minimum absolute atomic E-state index is 0.0419. The van der Waals surface area contributed by atoms with Crippen LogP contribution in [-0.2, 0) is 9.59 Å². The Balaban J connectivity index is 1.72. The number of nitrogens with zero attached hydrogens (tertiary/aromatic N) is 1. The van der Waals surface area contributed by atoms with E-state index < -0.39 is 5.92 Å². The molecular formula is C19H18BrNO3. The SMILES string of the molecule is Cc1ccc(N2C[C@H](C(=O)Oc3ccc(Br)cc3)CC2=O)c(C)c1. The van der Waals surface area contributed by atoms with Gasteiger partial charge in [-0.1, -0.05) is 33.6 Å². The molecule has 1 saturated heterocycles. The quantitative estimate of drug-likeness (QED) is 0.589. The van der Waals surface area contributed by atoms with Gasteiger partial charge in [-0.15, -0.1) is 0 Å². The van der Waals surface area contributed by atoms with Crippen LogP contribution in [-0.4, -0.2) is 18.4 Å². The first-order valence-electron chi connectivity index (χ1n) is 7.79. The predicted molar refractivity (Wildman–Crippen MR) is 96.2 cm³/mol. The molecule has 1 aliphatic heterocycles. The Morgan fingerprint density at radius 2 is 1.88 bits per heavy atom. The summed E-state index contributed by atoms with van der Waals surface area (Å²) in [6.07, 6.45) is 0.183. The Bertz CT molecular complexity index is 786. The number of hydrogen-bond donors (Lipinski definition) is 0. The molecule has 24 heavy (non-hydrogen) atoms. The molecule has 2 aromatic carbocycles. The topological polar surface area (TPSA) is 46.6 Å². The summed E-state index contributed by atoms with van der Waals surface area (Å²) in [5, 5.41) is 0. The van der Waals surface area contributed by atoms with Crippen molar-refractivity contribution in [3.63, 3.8) is 0 Å². The van der Waals surface area contributed by atoms with E-state index in [0.717, 1.165) is 21.3 Å². The maximum absolute atomic E-state index is 12.3. The number of esters is 1. The second kappa shape index (κ2) is 6.77. The standard InChI is InChI=1S/C19H18BrNO3/c1-12-3-8-17(13(2)9-12)21-11-14(10-18(21)22)19(23)24-16-6-4-15(20)5-7-16/h3-9,14H,10-11H2,1-2H3/t14-/m1/s1. The maximum Gasteiger partial charge on any atom is 0.316 e. The molecular weight excluding hydrogens is 370 g/mol. The molecule has 1 heterocycles. The molecule has 1 aliphatic rings. The summed E-state index contributed by atoms with van der Waals surface area (Å²) in [5.41, 5.74) is 3.05. The highest BCUT2D eigenvalue weighted by Crippen LogP contribution is 2.29. The van der Waals surface area contributed by atoms with E-state index in [-0.39, 0.29) is 18.3 Å². The number of carbonyl (C=O) groups excluding carboxylic acids is 2. The molecule has 124 valence electrons. The van der Waals surface area contributed by atoms with Crippen molar-refractivity contribution >= 4 is 33.5 Å². The van der Waals surface area contributed by atoms with Gasteiger partial charge in [-0.25, -0.2) is 0 Å². The monoisotopic (exact) mass is 387 g/mol. The lowest BCUT2D eigenvalue weighted by Crippen LogP contribution is -2.27. The second-order valence-electron chi connectivity index (χ2n) is 6.07. The number of anilines is 1. The van der Waals surface area contributed by atoms with Crippen molar-refractivity contribution in [1.82, 2.24) is 0 Å². The van der Waals surface area contributed by atoms with Gasteiger partial charge in [0.1, 0.15) is 5.75 Å². The van der Waals surface area contributed by atoms with Crippen LogP contribution < -0.4 is 9.64 Å². The van der Waals surface area contributed by atoms with Gasteiger partial charge in [-0.3, -0.25) is 9.59 Å². The lowest BCUT2D eigenvalue weighted by atomic mass is 10.1. The highest BCUT2D eigenvalue weighted by atomic mass is 79.9. The molecule has 0 unspecified atom stereocenters. The zero-order chi connectivity index (χ0) is 17.3. The van der Waals surface area contributed by atoms with E-state index >= 15 is 0 Å². The number of benzene rings is 2. The van der Waals surface area contributed by atoms with Crippen molar-refractivity contribution in [1.29, 1.82) is 0 Å². The zero-order valence-electron chi connectivity index (χ0n) is 13.6. The fraction of sp³-hybridized carbons (Fsp3) is 0.263. The third-order valence-electron chi connectivity index (χ3n) is 4.13. The van der Waals surface area contributed by atoms with Gasteiger partial charge < -0.3 is 9.64 Å². The largest absolute Gasteiger partial charge is 0.426 e. The van der Waals surface area contributed by atoms with Gasteiger partial charge in [0.05, 0.1) is 5.92 Å². The highest BCUT2D eigenvalue weighted by molar-refractivity contribution is 9.10. The summed E-state index contributed by atoms with van der Waals surface area (Å²) in [4.78, 5) is 26.4. The van der Waals surface area contributed by atoms with Crippen LogP contribution in [0.2, 0.25) is 0 Å². The lowest BCUT2D eigenvalue weighted by molar-refractivity contribution is -0.139. The van der Waals surface area contributed by atoms with Gasteiger partial charge in [0, 0.05) is 23.1 Å². The summed E-state index contributed by atoms with van der Waals surface area (Å²) in [6.45, 7) is 4.35. The van der Waals surface area contributed by atoms with Gasteiger partial charge in [0.15, 0.2) is 0 Å². The molecule has 0 N–H and O–H groups in total. The molecule has 0 saturated carbocycles. The second-order valence-corrected chi connectivity index (χ2v) is 6.99. The van der Waals surface area contributed by atoms with E-state index in [4.69, 9.17) is 4.74 Å². The van der Waals surface area contributed by atoms with Crippen molar-refractivity contribution in [2.45, 2.75) is 20.3 Å². The summed E-state index contributed by atoms with van der Waals surface area (Å²) in [6, 6.07) is 13.0. The first-order chi connectivity index (χ1) is 11.4. The number of ether oxygens (including phenoxy) is 1. The van der Waals surface area contributed by atoms with E-state index in [1.165, 1.54) is 0 Å². The molecule has 2 aromatic rings. The molecule has 0 bridgehead atoms.